The number of fused-ring (bicyclic) bond motifs is 1. The number of likely N-dealkylation sites (tertiary alicyclic amines) is 1. The number of carbonyl (C=O) groups excluding carboxylic acids is 1. The highest BCUT2D eigenvalue weighted by Crippen LogP contribution is 2.35. The lowest BCUT2D eigenvalue weighted by molar-refractivity contribution is -0.128. The van der Waals surface area contributed by atoms with Gasteiger partial charge >= 0.3 is 0 Å². The summed E-state index contributed by atoms with van der Waals surface area (Å²) in [4.78, 5) is 16.1. The molecule has 0 radical (unpaired) electrons. The monoisotopic (exact) mass is 432 g/mol. The van der Waals surface area contributed by atoms with Gasteiger partial charge in [-0.15, -0.1) is 11.8 Å². The first-order valence-corrected chi connectivity index (χ1v) is 11.3. The van der Waals surface area contributed by atoms with Crippen molar-refractivity contribution in [2.75, 3.05) is 32.0 Å². The maximum Gasteiger partial charge on any atom is 0.262 e. The van der Waals surface area contributed by atoms with Gasteiger partial charge in [0.1, 0.15) is 18.1 Å². The molecule has 7 heteroatoms. The van der Waals surface area contributed by atoms with Gasteiger partial charge < -0.3 is 14.8 Å². The molecule has 2 aromatic rings. The Kier molecular flexibility index (Phi) is 6.85. The van der Waals surface area contributed by atoms with Crippen LogP contribution in [0.3, 0.4) is 0 Å². The van der Waals surface area contributed by atoms with E-state index in [1.807, 2.05) is 48.5 Å². The molecule has 1 amide bonds. The number of nitrogens with one attached hydrogen (secondary N) is 1. The van der Waals surface area contributed by atoms with Gasteiger partial charge in [-0.3, -0.25) is 9.69 Å². The molecule has 1 atom stereocenters. The highest BCUT2D eigenvalue weighted by Gasteiger charge is 2.29. The van der Waals surface area contributed by atoms with Gasteiger partial charge in [0.05, 0.1) is 0 Å². The highest BCUT2D eigenvalue weighted by atomic mass is 35.5. The normalized spacial score (nSPS) is 19.8. The second kappa shape index (κ2) is 9.74. The number of amides is 1. The van der Waals surface area contributed by atoms with Crippen LogP contribution < -0.4 is 14.8 Å². The van der Waals surface area contributed by atoms with Gasteiger partial charge in [-0.05, 0) is 49.2 Å². The van der Waals surface area contributed by atoms with Crippen molar-refractivity contribution in [1.29, 1.82) is 0 Å². The largest absolute Gasteiger partial charge is 0.492 e. The first-order valence-electron chi connectivity index (χ1n) is 9.97. The SMILES string of the molecule is O=C(NC1CCN(CCOc2ccc(Cl)cc2)CC1)C1CSc2ccccc2O1. The first-order chi connectivity index (χ1) is 14.2. The molecule has 5 nitrogen and oxygen atoms in total. The molecule has 1 unspecified atom stereocenters. The molecular weight excluding hydrogens is 408 g/mol. The van der Waals surface area contributed by atoms with Crippen molar-refractivity contribution in [3.8, 4) is 11.5 Å². The van der Waals surface area contributed by atoms with E-state index >= 15 is 0 Å². The maximum atomic E-state index is 12.6. The summed E-state index contributed by atoms with van der Waals surface area (Å²) >= 11 is 7.57. The van der Waals surface area contributed by atoms with Crippen LogP contribution in [0.2, 0.25) is 5.02 Å². The molecule has 4 rings (SSSR count). The number of hydrogen-bond acceptors (Lipinski definition) is 5. The zero-order valence-electron chi connectivity index (χ0n) is 16.2. The Morgan fingerprint density at radius 1 is 1.17 bits per heavy atom. The topological polar surface area (TPSA) is 50.8 Å². The zero-order valence-corrected chi connectivity index (χ0v) is 17.8. The average molecular weight is 433 g/mol. The Bertz CT molecular complexity index is 825. The van der Waals surface area contributed by atoms with E-state index in [4.69, 9.17) is 21.1 Å². The Hall–Kier alpha value is -1.89. The van der Waals surface area contributed by atoms with E-state index in [-0.39, 0.29) is 11.9 Å². The third-order valence-electron chi connectivity index (χ3n) is 5.22. The number of carbonyl (C=O) groups is 1. The summed E-state index contributed by atoms with van der Waals surface area (Å²) in [5, 5.41) is 3.89. The molecule has 0 saturated carbocycles. The minimum Gasteiger partial charge on any atom is -0.492 e. The maximum absolute atomic E-state index is 12.6. The van der Waals surface area contributed by atoms with Crippen molar-refractivity contribution in [3.63, 3.8) is 0 Å². The van der Waals surface area contributed by atoms with E-state index in [0.29, 0.717) is 17.4 Å². The van der Waals surface area contributed by atoms with Crippen molar-refractivity contribution < 1.29 is 14.3 Å². The van der Waals surface area contributed by atoms with Gasteiger partial charge in [-0.1, -0.05) is 23.7 Å². The summed E-state index contributed by atoms with van der Waals surface area (Å²) in [6.07, 6.45) is 1.48. The zero-order chi connectivity index (χ0) is 20.1. The van der Waals surface area contributed by atoms with E-state index in [1.54, 1.807) is 11.8 Å². The molecule has 29 heavy (non-hydrogen) atoms. The number of nitrogens with zero attached hydrogens (tertiary/aromatic N) is 1. The fraction of sp³-hybridized carbons (Fsp3) is 0.409. The summed E-state index contributed by atoms with van der Waals surface area (Å²) < 4.78 is 11.7. The fourth-order valence-corrected chi connectivity index (χ4v) is 4.68. The molecule has 2 aromatic carbocycles. The molecule has 2 aliphatic rings. The minimum absolute atomic E-state index is 0.00322. The van der Waals surface area contributed by atoms with Crippen molar-refractivity contribution >= 4 is 29.3 Å². The predicted molar refractivity (Wildman–Crippen MR) is 116 cm³/mol. The molecule has 1 N–H and O–H groups in total. The summed E-state index contributed by atoms with van der Waals surface area (Å²) in [6, 6.07) is 15.5. The lowest BCUT2D eigenvalue weighted by Gasteiger charge is -2.33. The smallest absolute Gasteiger partial charge is 0.262 e. The van der Waals surface area contributed by atoms with E-state index in [2.05, 4.69) is 10.2 Å². The van der Waals surface area contributed by atoms with Gasteiger partial charge in [0.2, 0.25) is 0 Å². The predicted octanol–water partition coefficient (Wildman–Crippen LogP) is 3.85. The van der Waals surface area contributed by atoms with Crippen molar-refractivity contribution in [2.24, 2.45) is 0 Å². The van der Waals surface area contributed by atoms with Crippen LogP contribution in [-0.4, -0.2) is 54.9 Å². The van der Waals surface area contributed by atoms with E-state index in [1.165, 1.54) is 0 Å². The first kappa shape index (κ1) is 20.4. The second-order valence-electron chi connectivity index (χ2n) is 7.29. The minimum atomic E-state index is -0.416. The van der Waals surface area contributed by atoms with Crippen LogP contribution in [0.1, 0.15) is 12.8 Å². The Labute approximate surface area is 180 Å². The van der Waals surface area contributed by atoms with Gasteiger partial charge in [0.15, 0.2) is 6.10 Å². The van der Waals surface area contributed by atoms with Crippen LogP contribution in [0.15, 0.2) is 53.4 Å². The molecule has 2 aliphatic heterocycles. The Balaban J connectivity index is 1.16. The van der Waals surface area contributed by atoms with Crippen molar-refractivity contribution in [2.45, 2.75) is 29.9 Å². The van der Waals surface area contributed by atoms with Crippen molar-refractivity contribution in [3.05, 3.63) is 53.6 Å². The quantitative estimate of drug-likeness (QED) is 0.751. The number of benzene rings is 2. The van der Waals surface area contributed by atoms with Crippen LogP contribution in [0.4, 0.5) is 0 Å². The molecule has 2 heterocycles. The fourth-order valence-electron chi connectivity index (χ4n) is 3.57. The van der Waals surface area contributed by atoms with Crippen LogP contribution >= 0.6 is 23.4 Å². The summed E-state index contributed by atoms with van der Waals surface area (Å²) in [7, 11) is 0. The van der Waals surface area contributed by atoms with Gasteiger partial charge in [-0.2, -0.15) is 0 Å². The van der Waals surface area contributed by atoms with Gasteiger partial charge in [0, 0.05) is 41.3 Å². The third kappa shape index (κ3) is 5.59. The summed E-state index contributed by atoms with van der Waals surface area (Å²) in [5.41, 5.74) is 0. The molecule has 154 valence electrons. The van der Waals surface area contributed by atoms with Crippen LogP contribution in [-0.2, 0) is 4.79 Å². The van der Waals surface area contributed by atoms with Crippen LogP contribution in [0, 0.1) is 0 Å². The van der Waals surface area contributed by atoms with E-state index < -0.39 is 6.10 Å². The number of halogens is 1. The van der Waals surface area contributed by atoms with Gasteiger partial charge in [-0.25, -0.2) is 0 Å². The Morgan fingerprint density at radius 2 is 1.93 bits per heavy atom. The van der Waals surface area contributed by atoms with Crippen molar-refractivity contribution in [1.82, 2.24) is 10.2 Å². The Morgan fingerprint density at radius 3 is 2.72 bits per heavy atom. The molecule has 0 aliphatic carbocycles. The molecule has 0 aromatic heterocycles. The molecule has 1 fully saturated rings. The van der Waals surface area contributed by atoms with E-state index in [0.717, 1.165) is 48.9 Å². The summed E-state index contributed by atoms with van der Waals surface area (Å²) in [6.45, 7) is 3.43. The number of rotatable bonds is 6. The van der Waals surface area contributed by atoms with Crippen LogP contribution in [0.5, 0.6) is 11.5 Å². The molecule has 0 spiro atoms. The molecular formula is C22H25ClN2O3S. The van der Waals surface area contributed by atoms with E-state index in [9.17, 15) is 4.79 Å². The third-order valence-corrected chi connectivity index (χ3v) is 6.59. The summed E-state index contributed by atoms with van der Waals surface area (Å²) in [5.74, 6) is 2.29. The highest BCUT2D eigenvalue weighted by molar-refractivity contribution is 7.99. The number of piperidine rings is 1. The van der Waals surface area contributed by atoms with Crippen LogP contribution in [0.25, 0.3) is 0 Å². The number of para-hydroxylation sites is 1. The number of hydrogen-bond donors (Lipinski definition) is 1. The lowest BCUT2D eigenvalue weighted by atomic mass is 10.0. The lowest BCUT2D eigenvalue weighted by Crippen LogP contribution is -2.50. The molecule has 0 bridgehead atoms. The van der Waals surface area contributed by atoms with Gasteiger partial charge in [0.25, 0.3) is 5.91 Å². The standard InChI is InChI=1S/C22H25ClN2O3S/c23-16-5-7-18(8-6-16)27-14-13-25-11-9-17(10-12-25)24-22(26)20-15-29-21-4-2-1-3-19(21)28-20/h1-8,17,20H,9-15H2,(H,24,26). The molecule has 1 saturated heterocycles. The number of thioether (sulfide) groups is 1. The number of ether oxygens (including phenoxy) is 2. The second-order valence-corrected chi connectivity index (χ2v) is 8.79. The average Bonchev–Trinajstić information content (AvgIpc) is 2.76.